The first-order valence-corrected chi connectivity index (χ1v) is 7.51. The maximum atomic E-state index is 12.1. The van der Waals surface area contributed by atoms with E-state index < -0.39 is 0 Å². The van der Waals surface area contributed by atoms with Gasteiger partial charge in [0.1, 0.15) is 0 Å². The third-order valence-corrected chi connectivity index (χ3v) is 4.06. The lowest BCUT2D eigenvalue weighted by molar-refractivity contribution is -0.126. The van der Waals surface area contributed by atoms with E-state index in [2.05, 4.69) is 5.32 Å². The summed E-state index contributed by atoms with van der Waals surface area (Å²) in [7, 11) is 0. The van der Waals surface area contributed by atoms with Crippen LogP contribution in [0.1, 0.15) is 19.3 Å². The largest absolute Gasteiger partial charge is 0.368 e. The van der Waals surface area contributed by atoms with Gasteiger partial charge in [0.25, 0.3) is 0 Å². The predicted molar refractivity (Wildman–Crippen MR) is 83.5 cm³/mol. The van der Waals surface area contributed by atoms with Gasteiger partial charge < -0.3 is 11.1 Å². The second-order valence-electron chi connectivity index (χ2n) is 5.06. The number of likely N-dealkylation sites (tertiary alicyclic amines) is 1. The molecule has 0 saturated carbocycles. The van der Waals surface area contributed by atoms with Crippen LogP contribution in [0.15, 0.2) is 18.2 Å². The normalized spacial score (nSPS) is 19.2. The minimum Gasteiger partial charge on any atom is -0.368 e. The molecule has 1 heterocycles. The molecule has 0 aliphatic carbocycles. The molecule has 1 aromatic rings. The van der Waals surface area contributed by atoms with Crippen molar-refractivity contribution in [2.24, 2.45) is 5.73 Å². The van der Waals surface area contributed by atoms with E-state index in [1.807, 2.05) is 0 Å². The molecule has 7 heteroatoms. The number of rotatable bonds is 4. The highest BCUT2D eigenvalue weighted by Crippen LogP contribution is 2.25. The van der Waals surface area contributed by atoms with Gasteiger partial charge in [-0.2, -0.15) is 0 Å². The number of anilines is 1. The maximum absolute atomic E-state index is 12.1. The van der Waals surface area contributed by atoms with Gasteiger partial charge in [-0.3, -0.25) is 14.5 Å². The third kappa shape index (κ3) is 4.33. The van der Waals surface area contributed by atoms with Crippen LogP contribution in [0.25, 0.3) is 0 Å². The summed E-state index contributed by atoms with van der Waals surface area (Å²) in [5, 5.41) is 3.61. The molecule has 1 unspecified atom stereocenters. The first-order valence-electron chi connectivity index (χ1n) is 6.75. The fraction of sp³-hybridized carbons (Fsp3) is 0.429. The number of hydrogen-bond donors (Lipinski definition) is 2. The molecule has 5 nitrogen and oxygen atoms in total. The van der Waals surface area contributed by atoms with E-state index >= 15 is 0 Å². The van der Waals surface area contributed by atoms with Gasteiger partial charge in [0.2, 0.25) is 11.8 Å². The SMILES string of the molecule is NC(=O)C1CCCCN1CC(=O)Nc1cc(Cl)ccc1Cl. The molecule has 0 radical (unpaired) electrons. The molecular weight excluding hydrogens is 313 g/mol. The van der Waals surface area contributed by atoms with Crippen LogP contribution in [0.2, 0.25) is 10.0 Å². The Balaban J connectivity index is 2.00. The monoisotopic (exact) mass is 329 g/mol. The average Bonchev–Trinajstić information content (AvgIpc) is 2.43. The Bertz CT molecular complexity index is 551. The lowest BCUT2D eigenvalue weighted by atomic mass is 10.0. The second-order valence-corrected chi connectivity index (χ2v) is 5.90. The van der Waals surface area contributed by atoms with Crippen molar-refractivity contribution in [3.63, 3.8) is 0 Å². The van der Waals surface area contributed by atoms with Crippen LogP contribution >= 0.6 is 23.2 Å². The number of carbonyl (C=O) groups excluding carboxylic acids is 2. The Hall–Kier alpha value is -1.30. The zero-order chi connectivity index (χ0) is 15.4. The zero-order valence-electron chi connectivity index (χ0n) is 11.4. The van der Waals surface area contributed by atoms with Crippen LogP contribution < -0.4 is 11.1 Å². The van der Waals surface area contributed by atoms with E-state index in [1.54, 1.807) is 23.1 Å². The molecule has 21 heavy (non-hydrogen) atoms. The number of primary amides is 1. The molecule has 1 saturated heterocycles. The van der Waals surface area contributed by atoms with Gasteiger partial charge in [-0.1, -0.05) is 29.6 Å². The predicted octanol–water partition coefficient (Wildman–Crippen LogP) is 2.27. The summed E-state index contributed by atoms with van der Waals surface area (Å²) in [6.45, 7) is 0.792. The number of nitrogens with one attached hydrogen (secondary N) is 1. The summed E-state index contributed by atoms with van der Waals surface area (Å²) in [6, 6.07) is 4.48. The minimum absolute atomic E-state index is 0.108. The highest BCUT2D eigenvalue weighted by atomic mass is 35.5. The Kier molecular flexibility index (Phi) is 5.45. The smallest absolute Gasteiger partial charge is 0.238 e. The quantitative estimate of drug-likeness (QED) is 0.889. The first kappa shape index (κ1) is 16.1. The maximum Gasteiger partial charge on any atom is 0.238 e. The second kappa shape index (κ2) is 7.11. The molecule has 2 amide bonds. The number of hydrogen-bond acceptors (Lipinski definition) is 3. The number of piperidine rings is 1. The van der Waals surface area contributed by atoms with E-state index in [-0.39, 0.29) is 24.4 Å². The topological polar surface area (TPSA) is 75.4 Å². The highest BCUT2D eigenvalue weighted by Gasteiger charge is 2.28. The number of halogens is 2. The molecule has 1 aromatic carbocycles. The van der Waals surface area contributed by atoms with E-state index in [4.69, 9.17) is 28.9 Å². The van der Waals surface area contributed by atoms with Crippen molar-refractivity contribution in [3.8, 4) is 0 Å². The number of nitrogens with two attached hydrogens (primary N) is 1. The highest BCUT2D eigenvalue weighted by molar-refractivity contribution is 6.35. The average molecular weight is 330 g/mol. The summed E-state index contributed by atoms with van der Waals surface area (Å²) in [5.74, 6) is -0.629. The van der Waals surface area contributed by atoms with Gasteiger partial charge in [-0.25, -0.2) is 0 Å². The van der Waals surface area contributed by atoms with Gasteiger partial charge in [0, 0.05) is 5.02 Å². The molecule has 0 spiro atoms. The van der Waals surface area contributed by atoms with Gasteiger partial charge in [-0.15, -0.1) is 0 Å². The van der Waals surface area contributed by atoms with Crippen LogP contribution in [0.5, 0.6) is 0 Å². The summed E-state index contributed by atoms with van der Waals surface area (Å²) in [5.41, 5.74) is 5.84. The van der Waals surface area contributed by atoms with Crippen molar-refractivity contribution in [2.75, 3.05) is 18.4 Å². The van der Waals surface area contributed by atoms with Crippen LogP contribution in [-0.4, -0.2) is 35.8 Å². The molecule has 2 rings (SSSR count). The third-order valence-electron chi connectivity index (χ3n) is 3.49. The fourth-order valence-corrected chi connectivity index (χ4v) is 2.81. The van der Waals surface area contributed by atoms with Crippen molar-refractivity contribution in [3.05, 3.63) is 28.2 Å². The van der Waals surface area contributed by atoms with E-state index in [0.717, 1.165) is 12.8 Å². The van der Waals surface area contributed by atoms with Crippen molar-refractivity contribution in [1.29, 1.82) is 0 Å². The summed E-state index contributed by atoms with van der Waals surface area (Å²) < 4.78 is 0. The summed E-state index contributed by atoms with van der Waals surface area (Å²) >= 11 is 11.9. The van der Waals surface area contributed by atoms with Crippen molar-refractivity contribution in [2.45, 2.75) is 25.3 Å². The molecule has 0 aromatic heterocycles. The molecule has 1 aliphatic heterocycles. The Morgan fingerprint density at radius 2 is 2.10 bits per heavy atom. The lowest BCUT2D eigenvalue weighted by Gasteiger charge is -2.32. The molecule has 1 atom stereocenters. The summed E-state index contributed by atoms with van der Waals surface area (Å²) in [4.78, 5) is 25.3. The molecule has 114 valence electrons. The van der Waals surface area contributed by atoms with E-state index in [9.17, 15) is 9.59 Å². The van der Waals surface area contributed by atoms with Gasteiger partial charge in [0.05, 0.1) is 23.3 Å². The Morgan fingerprint density at radius 3 is 2.81 bits per heavy atom. The molecular formula is C14H17Cl2N3O2. The van der Waals surface area contributed by atoms with Crippen LogP contribution in [0.4, 0.5) is 5.69 Å². The molecule has 0 bridgehead atoms. The number of amides is 2. The van der Waals surface area contributed by atoms with E-state index in [0.29, 0.717) is 28.7 Å². The van der Waals surface area contributed by atoms with Crippen LogP contribution in [-0.2, 0) is 9.59 Å². The first-order chi connectivity index (χ1) is 9.97. The van der Waals surface area contributed by atoms with Crippen molar-refractivity contribution in [1.82, 2.24) is 4.90 Å². The zero-order valence-corrected chi connectivity index (χ0v) is 13.0. The van der Waals surface area contributed by atoms with E-state index in [1.165, 1.54) is 0 Å². The van der Waals surface area contributed by atoms with Crippen LogP contribution in [0, 0.1) is 0 Å². The van der Waals surface area contributed by atoms with Gasteiger partial charge >= 0.3 is 0 Å². The molecule has 1 fully saturated rings. The van der Waals surface area contributed by atoms with Crippen LogP contribution in [0.3, 0.4) is 0 Å². The Labute approximate surface area is 133 Å². The fourth-order valence-electron chi connectivity index (χ4n) is 2.47. The molecule has 1 aliphatic rings. The number of carbonyl (C=O) groups is 2. The number of nitrogens with zero attached hydrogens (tertiary/aromatic N) is 1. The lowest BCUT2D eigenvalue weighted by Crippen LogP contribution is -2.50. The Morgan fingerprint density at radius 1 is 1.33 bits per heavy atom. The minimum atomic E-state index is -0.386. The molecule has 3 N–H and O–H groups in total. The van der Waals surface area contributed by atoms with Gasteiger partial charge in [0.15, 0.2) is 0 Å². The van der Waals surface area contributed by atoms with Gasteiger partial charge in [-0.05, 0) is 37.6 Å². The van der Waals surface area contributed by atoms with Crippen molar-refractivity contribution >= 4 is 40.7 Å². The standard InChI is InChI=1S/C14H17Cl2N3O2/c15-9-4-5-10(16)11(7-9)18-13(20)8-19-6-2-1-3-12(19)14(17)21/h4-5,7,12H,1-3,6,8H2,(H2,17,21)(H,18,20). The summed E-state index contributed by atoms with van der Waals surface area (Å²) in [6.07, 6.45) is 2.60. The van der Waals surface area contributed by atoms with Crippen molar-refractivity contribution < 1.29 is 9.59 Å². The number of benzene rings is 1.